The predicted octanol–water partition coefficient (Wildman–Crippen LogP) is 1.26. The van der Waals surface area contributed by atoms with Crippen LogP contribution in [0.2, 0.25) is 0 Å². The van der Waals surface area contributed by atoms with Crippen LogP contribution in [0.4, 0.5) is 0 Å². The second-order valence-electron chi connectivity index (χ2n) is 7.17. The van der Waals surface area contributed by atoms with E-state index in [1.807, 2.05) is 12.2 Å². The van der Waals surface area contributed by atoms with Crippen LogP contribution in [0.1, 0.15) is 19.8 Å². The van der Waals surface area contributed by atoms with Crippen LogP contribution >= 0.6 is 0 Å². The molecule has 4 rings (SSSR count). The van der Waals surface area contributed by atoms with Gasteiger partial charge in [-0.2, -0.15) is 0 Å². The van der Waals surface area contributed by atoms with E-state index < -0.39 is 6.10 Å². The number of allylic oxidation sites excluding steroid dienone is 1. The number of ether oxygens (including phenoxy) is 1. The third-order valence-corrected chi connectivity index (χ3v) is 6.25. The van der Waals surface area contributed by atoms with Gasteiger partial charge in [0.15, 0.2) is 0 Å². The third-order valence-electron chi connectivity index (χ3n) is 6.25. The Hall–Kier alpha value is -0.940. The lowest BCUT2D eigenvalue weighted by Crippen LogP contribution is -2.61. The van der Waals surface area contributed by atoms with Gasteiger partial charge >= 0.3 is 0 Å². The predicted molar refractivity (Wildman–Crippen MR) is 84.3 cm³/mol. The molecule has 0 aromatic heterocycles. The average molecular weight is 303 g/mol. The molecule has 2 aliphatic carbocycles. The van der Waals surface area contributed by atoms with E-state index in [1.54, 1.807) is 0 Å². The first-order chi connectivity index (χ1) is 10.6. The molecule has 2 heterocycles. The van der Waals surface area contributed by atoms with Crippen molar-refractivity contribution < 1.29 is 14.9 Å². The first kappa shape index (κ1) is 14.6. The molecule has 4 heteroatoms. The molecule has 2 bridgehead atoms. The molecule has 1 spiro atoms. The van der Waals surface area contributed by atoms with E-state index in [2.05, 4.69) is 31.0 Å². The van der Waals surface area contributed by atoms with Crippen molar-refractivity contribution in [1.29, 1.82) is 0 Å². The third kappa shape index (κ3) is 1.72. The molecule has 4 nitrogen and oxygen atoms in total. The Morgan fingerprint density at radius 2 is 2.27 bits per heavy atom. The van der Waals surface area contributed by atoms with Gasteiger partial charge in [-0.05, 0) is 44.5 Å². The summed E-state index contributed by atoms with van der Waals surface area (Å²) in [5.74, 6) is 0.422. The quantitative estimate of drug-likeness (QED) is 0.754. The van der Waals surface area contributed by atoms with E-state index in [4.69, 9.17) is 9.84 Å². The molecule has 22 heavy (non-hydrogen) atoms. The Kier molecular flexibility index (Phi) is 3.35. The van der Waals surface area contributed by atoms with E-state index in [1.165, 1.54) is 11.1 Å². The minimum Gasteiger partial charge on any atom is -0.392 e. The van der Waals surface area contributed by atoms with Crippen LogP contribution in [0.15, 0.2) is 35.5 Å². The van der Waals surface area contributed by atoms with Crippen molar-refractivity contribution >= 4 is 0 Å². The zero-order valence-corrected chi connectivity index (χ0v) is 13.3. The Bertz CT molecular complexity index is 567. The largest absolute Gasteiger partial charge is 0.392 e. The summed E-state index contributed by atoms with van der Waals surface area (Å²) in [6.07, 6.45) is 9.51. The summed E-state index contributed by atoms with van der Waals surface area (Å²) in [6, 6.07) is 0.455. The molecule has 4 aliphatic rings. The molecule has 120 valence electrons. The van der Waals surface area contributed by atoms with Gasteiger partial charge < -0.3 is 19.8 Å². The van der Waals surface area contributed by atoms with Gasteiger partial charge in [0.05, 0.1) is 24.9 Å². The number of rotatable bonds is 2. The van der Waals surface area contributed by atoms with Crippen LogP contribution in [0.3, 0.4) is 0 Å². The summed E-state index contributed by atoms with van der Waals surface area (Å²) < 4.78 is 6.24. The highest BCUT2D eigenvalue weighted by Gasteiger charge is 2.64. The zero-order valence-electron chi connectivity index (χ0n) is 13.3. The summed E-state index contributed by atoms with van der Waals surface area (Å²) in [6.45, 7) is 3.22. The topological polar surface area (TPSA) is 52.9 Å². The fourth-order valence-electron chi connectivity index (χ4n) is 5.45. The fraction of sp³-hybridized carbons (Fsp3) is 0.667. The van der Waals surface area contributed by atoms with Crippen LogP contribution < -0.4 is 0 Å². The first-order valence-corrected chi connectivity index (χ1v) is 8.32. The molecule has 0 saturated carbocycles. The smallest absolute Gasteiger partial charge is 0.0992 e. The van der Waals surface area contributed by atoms with E-state index in [9.17, 15) is 5.11 Å². The van der Waals surface area contributed by atoms with E-state index >= 15 is 0 Å². The van der Waals surface area contributed by atoms with E-state index in [0.717, 1.165) is 19.4 Å². The van der Waals surface area contributed by atoms with Gasteiger partial charge in [0, 0.05) is 17.4 Å². The molecular formula is C18H25NO3. The number of aliphatic hydroxyl groups is 2. The molecule has 0 amide bonds. The summed E-state index contributed by atoms with van der Waals surface area (Å²) in [5.41, 5.74) is 2.62. The average Bonchev–Trinajstić information content (AvgIpc) is 2.80. The maximum Gasteiger partial charge on any atom is 0.0992 e. The van der Waals surface area contributed by atoms with Crippen molar-refractivity contribution in [2.75, 3.05) is 20.2 Å². The van der Waals surface area contributed by atoms with Crippen LogP contribution in [0.25, 0.3) is 0 Å². The van der Waals surface area contributed by atoms with Crippen LogP contribution in [-0.4, -0.2) is 59.7 Å². The van der Waals surface area contributed by atoms with Crippen LogP contribution in [0, 0.1) is 11.3 Å². The number of hydrogen-bond donors (Lipinski definition) is 2. The molecule has 0 aromatic carbocycles. The number of aliphatic hydroxyl groups excluding tert-OH is 2. The highest BCUT2D eigenvalue weighted by molar-refractivity contribution is 5.45. The number of hydrogen-bond acceptors (Lipinski definition) is 4. The van der Waals surface area contributed by atoms with Crippen molar-refractivity contribution in [1.82, 2.24) is 4.90 Å². The Morgan fingerprint density at radius 1 is 1.45 bits per heavy atom. The molecule has 2 aliphatic heterocycles. The fourth-order valence-corrected chi connectivity index (χ4v) is 5.45. The number of nitrogens with zero attached hydrogens (tertiary/aromatic N) is 1. The number of likely N-dealkylation sites (tertiary alicyclic amines) is 1. The summed E-state index contributed by atoms with van der Waals surface area (Å²) >= 11 is 0. The highest BCUT2D eigenvalue weighted by Crippen LogP contribution is 2.62. The normalized spacial score (nSPS) is 47.4. The van der Waals surface area contributed by atoms with Gasteiger partial charge in [-0.1, -0.05) is 24.3 Å². The van der Waals surface area contributed by atoms with Gasteiger partial charge in [0.1, 0.15) is 0 Å². The SMILES string of the molecule is CC1OC2C(O)C=CC3C4CC(C=CCO)=C1C32CCN4C. The molecule has 6 atom stereocenters. The van der Waals surface area contributed by atoms with E-state index in [0.29, 0.717) is 12.0 Å². The molecule has 0 aromatic rings. The minimum absolute atomic E-state index is 0.0461. The lowest BCUT2D eigenvalue weighted by molar-refractivity contribution is -0.0959. The Morgan fingerprint density at radius 3 is 3.05 bits per heavy atom. The molecule has 2 saturated heterocycles. The van der Waals surface area contributed by atoms with Gasteiger partial charge in [0.2, 0.25) is 0 Å². The van der Waals surface area contributed by atoms with Gasteiger partial charge in [-0.15, -0.1) is 0 Å². The summed E-state index contributed by atoms with van der Waals surface area (Å²) in [4.78, 5) is 2.45. The van der Waals surface area contributed by atoms with Crippen molar-refractivity contribution in [2.24, 2.45) is 11.3 Å². The standard InChI is InChI=1S/C18H25NO3/c1-11-16-12(4-3-9-20)10-14-13-5-6-15(21)17(22-11)18(13,16)7-8-19(14)2/h3-6,11,13-15,17,20-21H,7-10H2,1-2H3. The van der Waals surface area contributed by atoms with Crippen molar-refractivity contribution in [3.63, 3.8) is 0 Å². The molecule has 2 N–H and O–H groups in total. The lowest BCUT2D eigenvalue weighted by Gasteiger charge is -2.57. The molecular weight excluding hydrogens is 278 g/mol. The van der Waals surface area contributed by atoms with Gasteiger partial charge in [0.25, 0.3) is 0 Å². The van der Waals surface area contributed by atoms with Crippen molar-refractivity contribution in [3.8, 4) is 0 Å². The van der Waals surface area contributed by atoms with Crippen LogP contribution in [-0.2, 0) is 4.74 Å². The minimum atomic E-state index is -0.513. The first-order valence-electron chi connectivity index (χ1n) is 8.32. The van der Waals surface area contributed by atoms with Gasteiger partial charge in [-0.3, -0.25) is 0 Å². The Balaban J connectivity index is 1.91. The van der Waals surface area contributed by atoms with Crippen LogP contribution in [0.5, 0.6) is 0 Å². The van der Waals surface area contributed by atoms with Crippen molar-refractivity contribution in [2.45, 2.75) is 44.1 Å². The lowest BCUT2D eigenvalue weighted by atomic mass is 9.53. The monoisotopic (exact) mass is 303 g/mol. The second kappa shape index (κ2) is 5.03. The van der Waals surface area contributed by atoms with Crippen molar-refractivity contribution in [3.05, 3.63) is 35.5 Å². The zero-order chi connectivity index (χ0) is 15.5. The molecule has 2 fully saturated rings. The summed E-state index contributed by atoms with van der Waals surface area (Å²) in [5, 5.41) is 19.6. The number of piperidine rings is 1. The maximum atomic E-state index is 10.5. The van der Waals surface area contributed by atoms with Gasteiger partial charge in [-0.25, -0.2) is 0 Å². The highest BCUT2D eigenvalue weighted by atomic mass is 16.5. The second-order valence-corrected chi connectivity index (χ2v) is 7.17. The molecule has 0 radical (unpaired) electrons. The maximum absolute atomic E-state index is 10.5. The molecule has 6 unspecified atom stereocenters. The Labute approximate surface area is 131 Å². The van der Waals surface area contributed by atoms with E-state index in [-0.39, 0.29) is 24.2 Å². The summed E-state index contributed by atoms with van der Waals surface area (Å²) in [7, 11) is 2.20.